The minimum absolute atomic E-state index is 0.126. The number of nitrogens with two attached hydrogens (primary N) is 1. The van der Waals surface area contributed by atoms with Crippen LogP contribution in [0.3, 0.4) is 0 Å². The van der Waals surface area contributed by atoms with E-state index in [2.05, 4.69) is 11.4 Å². The second kappa shape index (κ2) is 8.10. The Labute approximate surface area is 160 Å². The second-order valence-electron chi connectivity index (χ2n) is 8.36. The fourth-order valence-electron chi connectivity index (χ4n) is 4.35. The summed E-state index contributed by atoms with van der Waals surface area (Å²) in [6, 6.07) is 8.12. The molecule has 142 valence electrons. The maximum Gasteiger partial charge on any atom is 0.220 e. The van der Waals surface area contributed by atoms with E-state index in [1.165, 1.54) is 5.56 Å². The summed E-state index contributed by atoms with van der Waals surface area (Å²) in [6.45, 7) is 1.64. The first kappa shape index (κ1) is 19.4. The Morgan fingerprint density at radius 3 is 2.58 bits per heavy atom. The van der Waals surface area contributed by atoms with Gasteiger partial charge in [0.1, 0.15) is 5.78 Å². The van der Waals surface area contributed by atoms with Gasteiger partial charge in [0.25, 0.3) is 0 Å². The van der Waals surface area contributed by atoms with Crippen molar-refractivity contribution in [2.24, 2.45) is 17.6 Å². The number of rotatable bonds is 6. The number of nitrogens with one attached hydrogen (secondary N) is 1. The Morgan fingerprint density at radius 1 is 1.27 bits per heavy atom. The highest BCUT2D eigenvalue weighted by Gasteiger charge is 2.35. The topological polar surface area (TPSA) is 72.2 Å². The first-order chi connectivity index (χ1) is 12.3. The van der Waals surface area contributed by atoms with E-state index < -0.39 is 0 Å². The zero-order valence-electron chi connectivity index (χ0n) is 15.5. The standard InChI is InChI=1S/C21H29ClN2O2/c1-14(25)17-9-16(10-17)12-20(26)24-19-5-7-21(23,8-6-19)13-15-3-2-4-18(22)11-15/h2-4,11,16-17,19H,5-10,12-13,23H2,1H3,(H,24,26). The zero-order chi connectivity index (χ0) is 18.7. The minimum atomic E-state index is -0.214. The van der Waals surface area contributed by atoms with E-state index in [1.54, 1.807) is 6.92 Å². The third kappa shape index (κ3) is 5.08. The fourth-order valence-corrected chi connectivity index (χ4v) is 4.56. The lowest BCUT2D eigenvalue weighted by Crippen LogP contribution is -2.50. The van der Waals surface area contributed by atoms with E-state index in [9.17, 15) is 9.59 Å². The molecule has 3 N–H and O–H groups in total. The number of Topliss-reactive ketones (excluding diaryl/α,β-unsaturated/α-hetero) is 1. The van der Waals surface area contributed by atoms with Crippen LogP contribution in [-0.2, 0) is 16.0 Å². The lowest BCUT2D eigenvalue weighted by molar-refractivity contribution is -0.129. The predicted octanol–water partition coefficient (Wildman–Crippen LogP) is 3.64. The Balaban J connectivity index is 1.40. The van der Waals surface area contributed by atoms with Gasteiger partial charge < -0.3 is 11.1 Å². The molecule has 2 fully saturated rings. The van der Waals surface area contributed by atoms with Crippen LogP contribution in [0.15, 0.2) is 24.3 Å². The molecule has 1 amide bonds. The van der Waals surface area contributed by atoms with Crippen molar-refractivity contribution in [3.05, 3.63) is 34.9 Å². The third-order valence-corrected chi connectivity index (χ3v) is 6.31. The SMILES string of the molecule is CC(=O)C1CC(CC(=O)NC2CCC(N)(Cc3cccc(Cl)c3)CC2)C1. The van der Waals surface area contributed by atoms with Gasteiger partial charge in [-0.15, -0.1) is 0 Å². The molecule has 0 heterocycles. The second-order valence-corrected chi connectivity index (χ2v) is 8.80. The molecular weight excluding hydrogens is 348 g/mol. The summed E-state index contributed by atoms with van der Waals surface area (Å²) in [5.41, 5.74) is 7.56. The Morgan fingerprint density at radius 2 is 1.96 bits per heavy atom. The van der Waals surface area contributed by atoms with Gasteiger partial charge in [-0.2, -0.15) is 0 Å². The molecule has 0 spiro atoms. The summed E-state index contributed by atoms with van der Waals surface area (Å²) < 4.78 is 0. The molecule has 0 aliphatic heterocycles. The zero-order valence-corrected chi connectivity index (χ0v) is 16.2. The molecule has 4 nitrogen and oxygen atoms in total. The summed E-state index contributed by atoms with van der Waals surface area (Å²) in [6.07, 6.45) is 6.77. The molecule has 3 rings (SSSR count). The molecule has 2 aliphatic rings. The first-order valence-corrected chi connectivity index (χ1v) is 10.0. The van der Waals surface area contributed by atoms with E-state index in [1.807, 2.05) is 18.2 Å². The van der Waals surface area contributed by atoms with Gasteiger partial charge in [0.2, 0.25) is 5.91 Å². The number of carbonyl (C=O) groups excluding carboxylic acids is 2. The van der Waals surface area contributed by atoms with Crippen LogP contribution in [0.5, 0.6) is 0 Å². The van der Waals surface area contributed by atoms with Gasteiger partial charge in [-0.1, -0.05) is 23.7 Å². The number of amides is 1. The summed E-state index contributed by atoms with van der Waals surface area (Å²) >= 11 is 6.07. The number of hydrogen-bond acceptors (Lipinski definition) is 3. The first-order valence-electron chi connectivity index (χ1n) is 9.66. The fraction of sp³-hybridized carbons (Fsp3) is 0.619. The number of carbonyl (C=O) groups is 2. The van der Waals surface area contributed by atoms with E-state index in [0.29, 0.717) is 12.3 Å². The molecule has 0 aromatic heterocycles. The van der Waals surface area contributed by atoms with Crippen LogP contribution in [-0.4, -0.2) is 23.3 Å². The minimum Gasteiger partial charge on any atom is -0.353 e. The normalized spacial score (nSPS) is 31.1. The molecule has 0 radical (unpaired) electrons. The molecule has 1 aromatic rings. The van der Waals surface area contributed by atoms with Gasteiger partial charge in [-0.05, 0) is 75.5 Å². The highest BCUT2D eigenvalue weighted by Crippen LogP contribution is 2.37. The maximum atomic E-state index is 12.2. The van der Waals surface area contributed by atoms with Gasteiger partial charge in [-0.25, -0.2) is 0 Å². The van der Waals surface area contributed by atoms with Crippen molar-refractivity contribution in [3.63, 3.8) is 0 Å². The molecule has 5 heteroatoms. The number of halogens is 1. The van der Waals surface area contributed by atoms with Crippen molar-refractivity contribution in [1.29, 1.82) is 0 Å². The molecule has 0 atom stereocenters. The van der Waals surface area contributed by atoms with Crippen LogP contribution in [0, 0.1) is 11.8 Å². The third-order valence-electron chi connectivity index (χ3n) is 6.08. The van der Waals surface area contributed by atoms with Gasteiger partial charge in [0.05, 0.1) is 0 Å². The van der Waals surface area contributed by atoms with Crippen LogP contribution in [0.1, 0.15) is 57.4 Å². The number of hydrogen-bond donors (Lipinski definition) is 2. The van der Waals surface area contributed by atoms with Crippen LogP contribution in [0.4, 0.5) is 0 Å². The van der Waals surface area contributed by atoms with Crippen molar-refractivity contribution in [2.45, 2.75) is 69.9 Å². The largest absolute Gasteiger partial charge is 0.353 e. The van der Waals surface area contributed by atoms with E-state index >= 15 is 0 Å². The quantitative estimate of drug-likeness (QED) is 0.796. The number of benzene rings is 1. The van der Waals surface area contributed by atoms with Crippen LogP contribution < -0.4 is 11.1 Å². The average Bonchev–Trinajstić information content (AvgIpc) is 2.52. The highest BCUT2D eigenvalue weighted by atomic mass is 35.5. The summed E-state index contributed by atoms with van der Waals surface area (Å²) in [4.78, 5) is 23.5. The molecule has 0 saturated heterocycles. The van der Waals surface area contributed by atoms with Crippen LogP contribution in [0.2, 0.25) is 5.02 Å². The molecule has 0 unspecified atom stereocenters. The summed E-state index contributed by atoms with van der Waals surface area (Å²) in [7, 11) is 0. The van der Waals surface area contributed by atoms with Crippen LogP contribution in [0.25, 0.3) is 0 Å². The lowest BCUT2D eigenvalue weighted by atomic mass is 9.71. The Bertz CT molecular complexity index is 662. The summed E-state index contributed by atoms with van der Waals surface area (Å²) in [5.74, 6) is 0.949. The smallest absolute Gasteiger partial charge is 0.220 e. The van der Waals surface area contributed by atoms with Gasteiger partial charge in [0.15, 0.2) is 0 Å². The van der Waals surface area contributed by atoms with Gasteiger partial charge >= 0.3 is 0 Å². The average molecular weight is 377 g/mol. The number of ketones is 1. The molecule has 26 heavy (non-hydrogen) atoms. The van der Waals surface area contributed by atoms with Crippen molar-refractivity contribution in [1.82, 2.24) is 5.32 Å². The van der Waals surface area contributed by atoms with Crippen molar-refractivity contribution >= 4 is 23.3 Å². The molecule has 1 aromatic carbocycles. The van der Waals surface area contributed by atoms with Crippen molar-refractivity contribution in [3.8, 4) is 0 Å². The van der Waals surface area contributed by atoms with Crippen LogP contribution >= 0.6 is 11.6 Å². The lowest BCUT2D eigenvalue weighted by Gasteiger charge is -2.38. The molecule has 2 saturated carbocycles. The molecular formula is C21H29ClN2O2. The predicted molar refractivity (Wildman–Crippen MR) is 104 cm³/mol. The van der Waals surface area contributed by atoms with Gasteiger partial charge in [-0.3, -0.25) is 9.59 Å². The van der Waals surface area contributed by atoms with E-state index in [4.69, 9.17) is 17.3 Å². The Kier molecular flexibility index (Phi) is 6.03. The van der Waals surface area contributed by atoms with Crippen molar-refractivity contribution in [2.75, 3.05) is 0 Å². The molecule has 2 aliphatic carbocycles. The van der Waals surface area contributed by atoms with E-state index in [-0.39, 0.29) is 29.2 Å². The highest BCUT2D eigenvalue weighted by molar-refractivity contribution is 6.30. The Hall–Kier alpha value is -1.39. The van der Waals surface area contributed by atoms with Crippen molar-refractivity contribution < 1.29 is 9.59 Å². The van der Waals surface area contributed by atoms with E-state index in [0.717, 1.165) is 50.0 Å². The molecule has 0 bridgehead atoms. The monoisotopic (exact) mass is 376 g/mol. The maximum absolute atomic E-state index is 12.2. The summed E-state index contributed by atoms with van der Waals surface area (Å²) in [5, 5.41) is 3.92. The van der Waals surface area contributed by atoms with Gasteiger partial charge in [0, 0.05) is 28.9 Å².